The standard InChI is InChI=1S/C27H24N2O5/c1-19-25(28-27(34-19)22-10-6-3-7-11-22)18-32-23-14-12-20(13-15-23)17-33-29-24(16-26(30)31)21-8-4-2-5-9-21/h2-15H,16-18H2,1H3,(H,30,31)/b29-24-. The first-order chi connectivity index (χ1) is 16.6. The summed E-state index contributed by atoms with van der Waals surface area (Å²) in [5.41, 5.74) is 3.62. The van der Waals surface area contributed by atoms with E-state index >= 15 is 0 Å². The third-order valence-corrected chi connectivity index (χ3v) is 5.04. The molecule has 0 aliphatic heterocycles. The Morgan fingerprint density at radius 2 is 1.62 bits per heavy atom. The van der Waals surface area contributed by atoms with E-state index in [9.17, 15) is 4.79 Å². The van der Waals surface area contributed by atoms with Crippen LogP contribution in [0.1, 0.15) is 29.0 Å². The van der Waals surface area contributed by atoms with E-state index in [4.69, 9.17) is 19.1 Å². The van der Waals surface area contributed by atoms with Crippen LogP contribution in [-0.4, -0.2) is 21.8 Å². The second kappa shape index (κ2) is 11.0. The smallest absolute Gasteiger partial charge is 0.309 e. The highest BCUT2D eigenvalue weighted by molar-refractivity contribution is 6.08. The predicted molar refractivity (Wildman–Crippen MR) is 127 cm³/mol. The van der Waals surface area contributed by atoms with Crippen LogP contribution in [0.15, 0.2) is 94.5 Å². The summed E-state index contributed by atoms with van der Waals surface area (Å²) in [6.45, 7) is 2.37. The molecule has 0 aliphatic carbocycles. The van der Waals surface area contributed by atoms with Gasteiger partial charge in [-0.15, -0.1) is 0 Å². The summed E-state index contributed by atoms with van der Waals surface area (Å²) in [5, 5.41) is 13.2. The second-order valence-corrected chi connectivity index (χ2v) is 7.57. The fourth-order valence-electron chi connectivity index (χ4n) is 3.25. The Labute approximate surface area is 197 Å². The Balaban J connectivity index is 1.33. The second-order valence-electron chi connectivity index (χ2n) is 7.57. The number of aliphatic carboxylic acids is 1. The predicted octanol–water partition coefficient (Wildman–Crippen LogP) is 5.62. The molecule has 0 atom stereocenters. The Morgan fingerprint density at radius 3 is 2.29 bits per heavy atom. The zero-order valence-corrected chi connectivity index (χ0v) is 18.7. The fourth-order valence-corrected chi connectivity index (χ4v) is 3.25. The van der Waals surface area contributed by atoms with Crippen molar-refractivity contribution in [2.75, 3.05) is 0 Å². The number of aryl methyl sites for hydroxylation is 1. The number of carboxylic acids is 1. The number of oxazole rings is 1. The lowest BCUT2D eigenvalue weighted by atomic mass is 10.1. The largest absolute Gasteiger partial charge is 0.487 e. The summed E-state index contributed by atoms with van der Waals surface area (Å²) >= 11 is 0. The molecular weight excluding hydrogens is 432 g/mol. The summed E-state index contributed by atoms with van der Waals surface area (Å²) in [6.07, 6.45) is -0.218. The highest BCUT2D eigenvalue weighted by Gasteiger charge is 2.12. The molecule has 0 radical (unpaired) electrons. The summed E-state index contributed by atoms with van der Waals surface area (Å²) in [5.74, 6) is 1.01. The van der Waals surface area contributed by atoms with E-state index in [1.807, 2.05) is 79.7 Å². The lowest BCUT2D eigenvalue weighted by Crippen LogP contribution is -2.09. The SMILES string of the molecule is Cc1oc(-c2ccccc2)nc1COc1ccc(CO/N=C(/CC(=O)O)c2ccccc2)cc1. The molecule has 0 amide bonds. The summed E-state index contributed by atoms with van der Waals surface area (Å²) in [4.78, 5) is 21.1. The number of hydrogen-bond acceptors (Lipinski definition) is 6. The molecule has 0 fully saturated rings. The number of ether oxygens (including phenoxy) is 1. The molecule has 0 unspecified atom stereocenters. The number of benzene rings is 3. The van der Waals surface area contributed by atoms with E-state index in [-0.39, 0.29) is 19.6 Å². The monoisotopic (exact) mass is 456 g/mol. The average molecular weight is 456 g/mol. The van der Waals surface area contributed by atoms with Gasteiger partial charge >= 0.3 is 5.97 Å². The first-order valence-corrected chi connectivity index (χ1v) is 10.8. The quantitative estimate of drug-likeness (QED) is 0.246. The van der Waals surface area contributed by atoms with E-state index in [0.717, 1.165) is 22.6 Å². The maximum absolute atomic E-state index is 11.2. The van der Waals surface area contributed by atoms with Gasteiger partial charge in [0.25, 0.3) is 0 Å². The number of aromatic nitrogens is 1. The number of rotatable bonds is 10. The molecule has 0 spiro atoms. The van der Waals surface area contributed by atoms with Gasteiger partial charge in [0, 0.05) is 5.56 Å². The number of hydrogen-bond donors (Lipinski definition) is 1. The first kappa shape index (κ1) is 22.8. The van der Waals surface area contributed by atoms with Gasteiger partial charge in [0.1, 0.15) is 30.4 Å². The highest BCUT2D eigenvalue weighted by atomic mass is 16.6. The van der Waals surface area contributed by atoms with Crippen molar-refractivity contribution in [1.29, 1.82) is 0 Å². The molecule has 4 aromatic rings. The number of carbonyl (C=O) groups is 1. The maximum atomic E-state index is 11.2. The molecule has 4 rings (SSSR count). The van der Waals surface area contributed by atoms with E-state index in [1.54, 1.807) is 12.1 Å². The minimum atomic E-state index is -0.967. The molecule has 1 aromatic heterocycles. The first-order valence-electron chi connectivity index (χ1n) is 10.8. The molecule has 0 bridgehead atoms. The van der Waals surface area contributed by atoms with Crippen molar-refractivity contribution in [2.24, 2.45) is 5.16 Å². The molecule has 0 saturated carbocycles. The zero-order chi connectivity index (χ0) is 23.8. The fraction of sp³-hybridized carbons (Fsp3) is 0.148. The van der Waals surface area contributed by atoms with Gasteiger partial charge in [-0.1, -0.05) is 65.8 Å². The number of carboxylic acid groups (broad SMARTS) is 1. The Morgan fingerprint density at radius 1 is 0.941 bits per heavy atom. The van der Waals surface area contributed by atoms with Gasteiger partial charge in [-0.05, 0) is 42.3 Å². The van der Waals surface area contributed by atoms with Crippen LogP contribution in [0, 0.1) is 6.92 Å². The summed E-state index contributed by atoms with van der Waals surface area (Å²) < 4.78 is 11.6. The number of oxime groups is 1. The molecule has 172 valence electrons. The third kappa shape index (κ3) is 6.10. The van der Waals surface area contributed by atoms with Crippen LogP contribution in [0.2, 0.25) is 0 Å². The Kier molecular flexibility index (Phi) is 7.35. The molecule has 34 heavy (non-hydrogen) atoms. The van der Waals surface area contributed by atoms with Crippen LogP contribution >= 0.6 is 0 Å². The molecule has 3 aromatic carbocycles. The molecule has 0 aliphatic rings. The van der Waals surface area contributed by atoms with Crippen molar-refractivity contribution in [1.82, 2.24) is 4.98 Å². The third-order valence-electron chi connectivity index (χ3n) is 5.04. The van der Waals surface area contributed by atoms with E-state index in [2.05, 4.69) is 10.1 Å². The molecule has 1 heterocycles. The van der Waals surface area contributed by atoms with Crippen molar-refractivity contribution in [3.05, 3.63) is 108 Å². The summed E-state index contributed by atoms with van der Waals surface area (Å²) in [7, 11) is 0. The lowest BCUT2D eigenvalue weighted by Gasteiger charge is -2.07. The lowest BCUT2D eigenvalue weighted by molar-refractivity contribution is -0.135. The van der Waals surface area contributed by atoms with Crippen LogP contribution in [-0.2, 0) is 22.8 Å². The number of nitrogens with zero attached hydrogens (tertiary/aromatic N) is 2. The maximum Gasteiger partial charge on any atom is 0.309 e. The van der Waals surface area contributed by atoms with Gasteiger partial charge in [-0.3, -0.25) is 4.79 Å². The van der Waals surface area contributed by atoms with Gasteiger partial charge < -0.3 is 19.1 Å². The average Bonchev–Trinajstić information content (AvgIpc) is 3.24. The van der Waals surface area contributed by atoms with E-state index in [1.165, 1.54) is 0 Å². The molecule has 1 N–H and O–H groups in total. The van der Waals surface area contributed by atoms with Gasteiger partial charge in [0.05, 0.1) is 12.1 Å². The Bertz CT molecular complexity index is 1250. The van der Waals surface area contributed by atoms with Crippen LogP contribution in [0.5, 0.6) is 5.75 Å². The van der Waals surface area contributed by atoms with Crippen molar-refractivity contribution in [3.63, 3.8) is 0 Å². The van der Waals surface area contributed by atoms with Crippen molar-refractivity contribution in [3.8, 4) is 17.2 Å². The minimum absolute atomic E-state index is 0.207. The Hall–Kier alpha value is -4.39. The van der Waals surface area contributed by atoms with Gasteiger partial charge in [0.15, 0.2) is 0 Å². The van der Waals surface area contributed by atoms with Crippen LogP contribution in [0.3, 0.4) is 0 Å². The van der Waals surface area contributed by atoms with Crippen molar-refractivity contribution < 1.29 is 23.9 Å². The molecule has 7 nitrogen and oxygen atoms in total. The topological polar surface area (TPSA) is 94.2 Å². The minimum Gasteiger partial charge on any atom is -0.487 e. The van der Waals surface area contributed by atoms with Crippen LogP contribution < -0.4 is 4.74 Å². The van der Waals surface area contributed by atoms with Crippen LogP contribution in [0.25, 0.3) is 11.5 Å². The normalized spacial score (nSPS) is 11.3. The van der Waals surface area contributed by atoms with Gasteiger partial charge in [0.2, 0.25) is 5.89 Å². The molecule has 0 saturated heterocycles. The molecular formula is C27H24N2O5. The van der Waals surface area contributed by atoms with E-state index in [0.29, 0.717) is 22.9 Å². The van der Waals surface area contributed by atoms with E-state index < -0.39 is 5.97 Å². The van der Waals surface area contributed by atoms with Gasteiger partial charge in [-0.25, -0.2) is 4.98 Å². The van der Waals surface area contributed by atoms with Gasteiger partial charge in [-0.2, -0.15) is 0 Å². The molecule has 7 heteroatoms. The zero-order valence-electron chi connectivity index (χ0n) is 18.7. The summed E-state index contributed by atoms with van der Waals surface area (Å²) in [6, 6.07) is 26.3. The van der Waals surface area contributed by atoms with Crippen LogP contribution in [0.4, 0.5) is 0 Å². The van der Waals surface area contributed by atoms with Crippen molar-refractivity contribution in [2.45, 2.75) is 26.6 Å². The van der Waals surface area contributed by atoms with Crippen molar-refractivity contribution >= 4 is 11.7 Å². The highest BCUT2D eigenvalue weighted by Crippen LogP contribution is 2.23.